The quantitative estimate of drug-likeness (QED) is 0.202. The van der Waals surface area contributed by atoms with Crippen molar-refractivity contribution in [3.63, 3.8) is 0 Å². The molecule has 0 radical (unpaired) electrons. The van der Waals surface area contributed by atoms with E-state index in [9.17, 15) is 14.6 Å². The van der Waals surface area contributed by atoms with Crippen LogP contribution in [-0.4, -0.2) is 77.4 Å². The number of aliphatic hydroxyl groups excluding tert-OH is 4. The first-order valence-electron chi connectivity index (χ1n) is 6.84. The highest BCUT2D eigenvalue weighted by molar-refractivity contribution is 5.63. The third kappa shape index (κ3) is 9.70. The minimum Gasteiger partial charge on any atom is -0.395 e. The molecule has 21 heavy (non-hydrogen) atoms. The van der Waals surface area contributed by atoms with Gasteiger partial charge in [0.05, 0.1) is 12.8 Å². The van der Waals surface area contributed by atoms with E-state index in [-0.39, 0.29) is 12.0 Å². The molecule has 0 amide bonds. The number of rotatable bonds is 10. The highest BCUT2D eigenvalue weighted by Gasteiger charge is 2.30. The summed E-state index contributed by atoms with van der Waals surface area (Å²) in [5.74, 6) is 0. The van der Waals surface area contributed by atoms with Crippen LogP contribution < -0.4 is 5.32 Å². The first-order chi connectivity index (χ1) is 9.69. The van der Waals surface area contributed by atoms with Crippen LogP contribution in [0.2, 0.25) is 0 Å². The smallest absolute Gasteiger partial charge is 0.167 e. The fourth-order valence-corrected chi connectivity index (χ4v) is 1.35. The zero-order valence-electron chi connectivity index (χ0n) is 12.7. The highest BCUT2D eigenvalue weighted by atomic mass is 19.1. The topological polar surface area (TPSA) is 115 Å². The lowest BCUT2D eigenvalue weighted by molar-refractivity contribution is -0.0891. The average molecular weight is 310 g/mol. The second kappa shape index (κ2) is 10.0. The molecule has 0 aromatic rings. The van der Waals surface area contributed by atoms with Crippen LogP contribution in [0.1, 0.15) is 20.8 Å². The van der Waals surface area contributed by atoms with Gasteiger partial charge in [0, 0.05) is 13.1 Å². The molecular weight excluding hydrogens is 283 g/mol. The van der Waals surface area contributed by atoms with E-state index in [1.807, 2.05) is 0 Å². The van der Waals surface area contributed by atoms with Crippen LogP contribution in [0.5, 0.6) is 0 Å². The van der Waals surface area contributed by atoms with E-state index in [1.54, 1.807) is 0 Å². The van der Waals surface area contributed by atoms with E-state index in [4.69, 9.17) is 15.1 Å². The summed E-state index contributed by atoms with van der Waals surface area (Å²) in [4.78, 5) is 4.80. The molecule has 8 heteroatoms. The van der Waals surface area contributed by atoms with E-state index in [0.717, 1.165) is 6.54 Å². The first-order valence-corrected chi connectivity index (χ1v) is 6.84. The molecule has 0 rings (SSSR count). The van der Waals surface area contributed by atoms with Gasteiger partial charge in [-0.2, -0.15) is 0 Å². The summed E-state index contributed by atoms with van der Waals surface area (Å²) in [7, 11) is 0. The number of hydrogen-bond acceptors (Lipinski definition) is 7. The van der Waals surface area contributed by atoms with Crippen molar-refractivity contribution in [3.8, 4) is 0 Å². The number of nitrogens with zero attached hydrogens (tertiary/aromatic N) is 1. The molecule has 0 spiro atoms. The van der Waals surface area contributed by atoms with Crippen molar-refractivity contribution in [2.45, 2.75) is 45.3 Å². The van der Waals surface area contributed by atoms with Gasteiger partial charge in [0.1, 0.15) is 24.9 Å². The largest absolute Gasteiger partial charge is 0.395 e. The van der Waals surface area contributed by atoms with E-state index in [0.29, 0.717) is 12.8 Å². The summed E-state index contributed by atoms with van der Waals surface area (Å²) in [6.07, 6.45) is -6.62. The third-order valence-electron chi connectivity index (χ3n) is 2.56. The lowest BCUT2D eigenvalue weighted by Crippen LogP contribution is -2.44. The van der Waals surface area contributed by atoms with Crippen molar-refractivity contribution in [1.29, 1.82) is 0 Å². The Morgan fingerprint density at radius 1 is 1.24 bits per heavy atom. The number of hydrogen-bond donors (Lipinski definition) is 5. The van der Waals surface area contributed by atoms with Crippen LogP contribution >= 0.6 is 0 Å². The number of alkyl halides is 1. The molecular formula is C13H27FN2O5. The Morgan fingerprint density at radius 3 is 2.38 bits per heavy atom. The summed E-state index contributed by atoms with van der Waals surface area (Å²) >= 11 is 0. The van der Waals surface area contributed by atoms with Gasteiger partial charge >= 0.3 is 0 Å². The molecule has 5 N–H and O–H groups in total. The first kappa shape index (κ1) is 20.2. The lowest BCUT2D eigenvalue weighted by Gasteiger charge is -2.22. The molecule has 0 fully saturated rings. The molecule has 0 aliphatic rings. The Hall–Kier alpha value is -0.800. The molecule has 0 aromatic carbocycles. The maximum absolute atomic E-state index is 13.4. The average Bonchev–Trinajstić information content (AvgIpc) is 2.42. The molecule has 0 aromatic heterocycles. The van der Waals surface area contributed by atoms with E-state index in [2.05, 4.69) is 31.2 Å². The molecule has 0 aliphatic carbocycles. The SMILES string of the molecule is CC(C)(C)CNCCO/N=C/C(F)C(O)C(O)C(O)CO. The number of aliphatic hydroxyl groups is 4. The Morgan fingerprint density at radius 2 is 1.86 bits per heavy atom. The van der Waals surface area contributed by atoms with Gasteiger partial charge in [-0.15, -0.1) is 0 Å². The molecule has 0 saturated carbocycles. The van der Waals surface area contributed by atoms with Crippen molar-refractivity contribution >= 4 is 6.21 Å². The van der Waals surface area contributed by atoms with E-state index in [1.165, 1.54) is 0 Å². The minimum absolute atomic E-state index is 0.154. The van der Waals surface area contributed by atoms with Gasteiger partial charge in [-0.05, 0) is 5.41 Å². The van der Waals surface area contributed by atoms with Crippen LogP contribution in [0.25, 0.3) is 0 Å². The summed E-state index contributed by atoms with van der Waals surface area (Å²) in [5, 5.41) is 42.8. The van der Waals surface area contributed by atoms with Crippen LogP contribution in [0.4, 0.5) is 4.39 Å². The molecule has 4 atom stereocenters. The van der Waals surface area contributed by atoms with Crippen LogP contribution in [-0.2, 0) is 4.84 Å². The van der Waals surface area contributed by atoms with Crippen molar-refractivity contribution in [1.82, 2.24) is 5.32 Å². The van der Waals surface area contributed by atoms with Crippen LogP contribution in [0.15, 0.2) is 5.16 Å². The lowest BCUT2D eigenvalue weighted by atomic mass is 9.97. The van der Waals surface area contributed by atoms with Gasteiger partial charge in [-0.3, -0.25) is 0 Å². The molecule has 0 aliphatic heterocycles. The van der Waals surface area contributed by atoms with Crippen molar-refractivity contribution in [2.24, 2.45) is 10.6 Å². The van der Waals surface area contributed by atoms with Gasteiger partial charge in [0.2, 0.25) is 0 Å². The number of nitrogens with one attached hydrogen (secondary N) is 1. The normalized spacial score (nSPS) is 18.5. The van der Waals surface area contributed by atoms with E-state index < -0.39 is 31.1 Å². The fraction of sp³-hybridized carbons (Fsp3) is 0.923. The highest BCUT2D eigenvalue weighted by Crippen LogP contribution is 2.09. The zero-order valence-corrected chi connectivity index (χ0v) is 12.7. The standard InChI is InChI=1S/C13H27FN2O5/c1-13(2,3)8-15-4-5-21-16-6-9(14)11(19)12(20)10(18)7-17/h6,9-12,15,17-20H,4-5,7-8H2,1-3H3/b16-6+. The predicted octanol–water partition coefficient (Wildman–Crippen LogP) is -0.962. The van der Waals surface area contributed by atoms with Gasteiger partial charge in [-0.25, -0.2) is 4.39 Å². The molecule has 4 unspecified atom stereocenters. The second-order valence-corrected chi connectivity index (χ2v) is 6.00. The maximum Gasteiger partial charge on any atom is 0.167 e. The number of oxime groups is 1. The molecule has 7 nitrogen and oxygen atoms in total. The van der Waals surface area contributed by atoms with Crippen molar-refractivity contribution < 1.29 is 29.7 Å². The number of halogens is 1. The van der Waals surface area contributed by atoms with Crippen molar-refractivity contribution in [3.05, 3.63) is 0 Å². The predicted molar refractivity (Wildman–Crippen MR) is 76.8 cm³/mol. The molecule has 126 valence electrons. The summed E-state index contributed by atoms with van der Waals surface area (Å²) < 4.78 is 13.4. The third-order valence-corrected chi connectivity index (χ3v) is 2.56. The van der Waals surface area contributed by atoms with Gasteiger partial charge in [0.25, 0.3) is 0 Å². The van der Waals surface area contributed by atoms with Gasteiger partial charge in [0.15, 0.2) is 6.17 Å². The van der Waals surface area contributed by atoms with Gasteiger partial charge in [-0.1, -0.05) is 25.9 Å². The zero-order chi connectivity index (χ0) is 16.5. The van der Waals surface area contributed by atoms with E-state index >= 15 is 0 Å². The Balaban J connectivity index is 3.87. The Labute approximate surface area is 124 Å². The van der Waals surface area contributed by atoms with Crippen molar-refractivity contribution in [2.75, 3.05) is 26.3 Å². The van der Waals surface area contributed by atoms with Crippen LogP contribution in [0.3, 0.4) is 0 Å². The summed E-state index contributed by atoms with van der Waals surface area (Å²) in [6, 6.07) is 0. The van der Waals surface area contributed by atoms with Gasteiger partial charge < -0.3 is 30.6 Å². The summed E-state index contributed by atoms with van der Waals surface area (Å²) in [6.45, 7) is 7.05. The fourth-order valence-electron chi connectivity index (χ4n) is 1.35. The van der Waals surface area contributed by atoms with Crippen LogP contribution in [0, 0.1) is 5.41 Å². The molecule has 0 heterocycles. The minimum atomic E-state index is -2.01. The maximum atomic E-state index is 13.4. The Bertz CT molecular complexity index is 299. The second-order valence-electron chi connectivity index (χ2n) is 6.00. The summed E-state index contributed by atoms with van der Waals surface area (Å²) in [5.41, 5.74) is 0.154. The Kier molecular flexibility index (Phi) is 9.63. The molecule has 0 saturated heterocycles. The monoisotopic (exact) mass is 310 g/mol. The molecule has 0 bridgehead atoms.